The van der Waals surface area contributed by atoms with E-state index in [1.54, 1.807) is 50.4 Å². The van der Waals surface area contributed by atoms with Crippen LogP contribution >= 0.6 is 0 Å². The molecule has 1 heterocycles. The Bertz CT molecular complexity index is 1440. The van der Waals surface area contributed by atoms with E-state index in [1.807, 2.05) is 44.2 Å². The van der Waals surface area contributed by atoms with Gasteiger partial charge in [0, 0.05) is 28.8 Å². The van der Waals surface area contributed by atoms with E-state index < -0.39 is 10.0 Å². The molecule has 0 aliphatic rings. The van der Waals surface area contributed by atoms with Crippen LogP contribution in [0, 0.1) is 20.8 Å². The smallest absolute Gasteiger partial charge is 0.261 e. The molecule has 0 unspecified atom stereocenters. The molecule has 0 bridgehead atoms. The van der Waals surface area contributed by atoms with Gasteiger partial charge in [0.25, 0.3) is 10.0 Å². The van der Waals surface area contributed by atoms with Crippen LogP contribution in [-0.4, -0.2) is 25.5 Å². The average molecular weight is 490 g/mol. The number of aryl methyl sites for hydroxylation is 3. The number of methoxy groups -OCH3 is 1. The third-order valence-corrected chi connectivity index (χ3v) is 6.63. The Kier molecular flexibility index (Phi) is 6.88. The summed E-state index contributed by atoms with van der Waals surface area (Å²) in [6.45, 7) is 5.73. The Hall–Kier alpha value is -4.11. The van der Waals surface area contributed by atoms with Crippen molar-refractivity contribution in [2.75, 3.05) is 22.5 Å². The highest BCUT2D eigenvalue weighted by molar-refractivity contribution is 7.92. The molecular weight excluding hydrogens is 462 g/mol. The number of nitrogens with zero attached hydrogens (tertiary/aromatic N) is 2. The molecule has 0 aliphatic heterocycles. The zero-order chi connectivity index (χ0) is 25.0. The van der Waals surface area contributed by atoms with Crippen LogP contribution in [0.2, 0.25) is 0 Å². The Morgan fingerprint density at radius 1 is 0.743 bits per heavy atom. The van der Waals surface area contributed by atoms with Gasteiger partial charge in [0.15, 0.2) is 0 Å². The van der Waals surface area contributed by atoms with Crippen molar-refractivity contribution in [2.24, 2.45) is 0 Å². The molecular formula is C26H27N5O3S. The molecule has 0 atom stereocenters. The first-order chi connectivity index (χ1) is 16.7. The Morgan fingerprint density at radius 3 is 2.03 bits per heavy atom. The van der Waals surface area contributed by atoms with Crippen molar-refractivity contribution in [3.8, 4) is 5.75 Å². The number of sulfonamides is 1. The predicted octanol–water partition coefficient (Wildman–Crippen LogP) is 5.70. The molecule has 0 aliphatic carbocycles. The van der Waals surface area contributed by atoms with Crippen molar-refractivity contribution in [1.82, 2.24) is 9.97 Å². The summed E-state index contributed by atoms with van der Waals surface area (Å²) >= 11 is 0. The predicted molar refractivity (Wildman–Crippen MR) is 139 cm³/mol. The van der Waals surface area contributed by atoms with Gasteiger partial charge in [0.05, 0.1) is 12.0 Å². The minimum atomic E-state index is -3.74. The highest BCUT2D eigenvalue weighted by Crippen LogP contribution is 2.25. The first-order valence-corrected chi connectivity index (χ1v) is 12.4. The molecule has 4 rings (SSSR count). The first-order valence-electron chi connectivity index (χ1n) is 11.0. The number of rotatable bonds is 8. The highest BCUT2D eigenvalue weighted by atomic mass is 32.2. The van der Waals surface area contributed by atoms with Gasteiger partial charge in [-0.25, -0.2) is 13.4 Å². The van der Waals surface area contributed by atoms with Gasteiger partial charge in [0.1, 0.15) is 11.6 Å². The van der Waals surface area contributed by atoms with Crippen LogP contribution in [0.3, 0.4) is 0 Å². The zero-order valence-electron chi connectivity index (χ0n) is 20.0. The summed E-state index contributed by atoms with van der Waals surface area (Å²) in [5.41, 5.74) is 4.82. The van der Waals surface area contributed by atoms with Crippen molar-refractivity contribution in [1.29, 1.82) is 0 Å². The number of aromatic nitrogens is 2. The normalized spacial score (nSPS) is 11.1. The molecule has 0 fully saturated rings. The molecule has 8 nitrogen and oxygen atoms in total. The third-order valence-electron chi connectivity index (χ3n) is 5.25. The molecule has 180 valence electrons. The van der Waals surface area contributed by atoms with Gasteiger partial charge in [-0.05, 0) is 80.9 Å². The largest absolute Gasteiger partial charge is 0.496 e. The summed E-state index contributed by atoms with van der Waals surface area (Å²) in [4.78, 5) is 9.15. The lowest BCUT2D eigenvalue weighted by Gasteiger charge is -2.12. The lowest BCUT2D eigenvalue weighted by Crippen LogP contribution is -2.13. The van der Waals surface area contributed by atoms with Crippen molar-refractivity contribution in [2.45, 2.75) is 25.7 Å². The summed E-state index contributed by atoms with van der Waals surface area (Å²) in [6, 6.07) is 21.5. The Morgan fingerprint density at radius 2 is 1.37 bits per heavy atom. The molecule has 3 N–H and O–H groups in total. The van der Waals surface area contributed by atoms with Gasteiger partial charge >= 0.3 is 0 Å². The number of hydrogen-bond donors (Lipinski definition) is 3. The first kappa shape index (κ1) is 24.0. The Balaban J connectivity index is 1.46. The van der Waals surface area contributed by atoms with E-state index in [0.29, 0.717) is 23.2 Å². The van der Waals surface area contributed by atoms with E-state index in [4.69, 9.17) is 4.74 Å². The summed E-state index contributed by atoms with van der Waals surface area (Å²) in [7, 11) is -2.19. The fourth-order valence-electron chi connectivity index (χ4n) is 3.46. The fraction of sp³-hybridized carbons (Fsp3) is 0.154. The summed E-state index contributed by atoms with van der Waals surface area (Å²) in [5, 5.41) is 6.45. The molecule has 9 heteroatoms. The number of anilines is 5. The van der Waals surface area contributed by atoms with Gasteiger partial charge in [-0.1, -0.05) is 17.7 Å². The highest BCUT2D eigenvalue weighted by Gasteiger charge is 2.16. The number of benzene rings is 3. The summed E-state index contributed by atoms with van der Waals surface area (Å²) < 4.78 is 33.4. The van der Waals surface area contributed by atoms with Gasteiger partial charge in [-0.3, -0.25) is 4.72 Å². The van der Waals surface area contributed by atoms with Crippen molar-refractivity contribution < 1.29 is 13.2 Å². The summed E-state index contributed by atoms with van der Waals surface area (Å²) in [5.74, 6) is 1.74. The van der Waals surface area contributed by atoms with Crippen LogP contribution in [0.4, 0.5) is 28.8 Å². The van der Waals surface area contributed by atoms with Gasteiger partial charge in [-0.15, -0.1) is 0 Å². The molecule has 1 aromatic heterocycles. The second-order valence-electron chi connectivity index (χ2n) is 8.15. The van der Waals surface area contributed by atoms with Crippen LogP contribution in [-0.2, 0) is 10.0 Å². The van der Waals surface area contributed by atoms with Gasteiger partial charge in [0.2, 0.25) is 5.95 Å². The minimum absolute atomic E-state index is 0.166. The molecule has 0 amide bonds. The lowest BCUT2D eigenvalue weighted by atomic mass is 10.2. The molecule has 0 spiro atoms. The molecule has 0 radical (unpaired) electrons. The standard InChI is InChI=1S/C26H27N5O3S/c1-17-5-7-20(8-6-17)28-25-16-19(3)27-26(30-25)29-21-9-11-22(12-10-21)31-35(32,33)23-13-14-24(34-4)18(2)15-23/h5-16,31H,1-4H3,(H2,27,28,29,30). The quantitative estimate of drug-likeness (QED) is 0.292. The molecule has 3 aromatic carbocycles. The summed E-state index contributed by atoms with van der Waals surface area (Å²) in [6.07, 6.45) is 0. The second-order valence-corrected chi connectivity index (χ2v) is 9.83. The maximum atomic E-state index is 12.8. The zero-order valence-corrected chi connectivity index (χ0v) is 20.8. The van der Waals surface area contributed by atoms with E-state index in [9.17, 15) is 8.42 Å². The maximum Gasteiger partial charge on any atom is 0.261 e. The van der Waals surface area contributed by atoms with Crippen LogP contribution in [0.1, 0.15) is 16.8 Å². The topological polar surface area (TPSA) is 105 Å². The monoisotopic (exact) mass is 489 g/mol. The van der Waals surface area contributed by atoms with Gasteiger partial charge in [-0.2, -0.15) is 4.98 Å². The number of hydrogen-bond acceptors (Lipinski definition) is 7. The molecule has 35 heavy (non-hydrogen) atoms. The van der Waals surface area contributed by atoms with Crippen molar-refractivity contribution in [3.63, 3.8) is 0 Å². The lowest BCUT2D eigenvalue weighted by molar-refractivity contribution is 0.411. The second kappa shape index (κ2) is 10.0. The van der Waals surface area contributed by atoms with Crippen LogP contribution < -0.4 is 20.1 Å². The third kappa shape index (κ3) is 6.07. The van der Waals surface area contributed by atoms with E-state index in [1.165, 1.54) is 11.6 Å². The van der Waals surface area contributed by atoms with E-state index in [-0.39, 0.29) is 4.90 Å². The average Bonchev–Trinajstić information content (AvgIpc) is 2.81. The SMILES string of the molecule is COc1ccc(S(=O)(=O)Nc2ccc(Nc3nc(C)cc(Nc4ccc(C)cc4)n3)cc2)cc1C. The Labute approximate surface area is 205 Å². The minimum Gasteiger partial charge on any atom is -0.496 e. The molecule has 0 saturated carbocycles. The van der Waals surface area contributed by atoms with Gasteiger partial charge < -0.3 is 15.4 Å². The van der Waals surface area contributed by atoms with Crippen molar-refractivity contribution >= 4 is 38.9 Å². The number of nitrogens with one attached hydrogen (secondary N) is 3. The van der Waals surface area contributed by atoms with E-state index >= 15 is 0 Å². The van der Waals surface area contributed by atoms with Crippen molar-refractivity contribution in [3.05, 3.63) is 89.6 Å². The fourth-order valence-corrected chi connectivity index (χ4v) is 4.60. The van der Waals surface area contributed by atoms with E-state index in [2.05, 4.69) is 25.3 Å². The maximum absolute atomic E-state index is 12.8. The van der Waals surface area contributed by atoms with Crippen LogP contribution in [0.15, 0.2) is 77.7 Å². The van der Waals surface area contributed by atoms with Crippen LogP contribution in [0.5, 0.6) is 5.75 Å². The number of ether oxygens (including phenoxy) is 1. The van der Waals surface area contributed by atoms with Crippen LogP contribution in [0.25, 0.3) is 0 Å². The molecule has 0 saturated heterocycles. The van der Waals surface area contributed by atoms with E-state index in [0.717, 1.165) is 22.6 Å². The molecule has 4 aromatic rings.